The van der Waals surface area contributed by atoms with Gasteiger partial charge in [-0.05, 0) is 32.9 Å². The number of amides is 1. The number of aromatic nitrogens is 2. The van der Waals surface area contributed by atoms with Crippen LogP contribution in [0.2, 0.25) is 0 Å². The van der Waals surface area contributed by atoms with Crippen LogP contribution in [0.5, 0.6) is 0 Å². The third-order valence-corrected chi connectivity index (χ3v) is 3.77. The lowest BCUT2D eigenvalue weighted by molar-refractivity contribution is 0.0911. The number of aryl methyl sites for hydroxylation is 2. The number of aliphatic hydroxyl groups excluding tert-OH is 1. The van der Waals surface area contributed by atoms with Gasteiger partial charge >= 0.3 is 0 Å². The Morgan fingerprint density at radius 2 is 2.00 bits per heavy atom. The molecule has 106 valence electrons. The summed E-state index contributed by atoms with van der Waals surface area (Å²) in [6.45, 7) is 7.43. The standard InChI is InChI=1S/C13H21N3O2S/c1-7(6-17)8(2)15-12(18)11-9(3)14-10(4)16-13(11)19-5/h7-8,17H,6H2,1-5H3,(H,15,18). The van der Waals surface area contributed by atoms with Gasteiger partial charge in [0.05, 0.1) is 11.3 Å². The molecule has 1 aromatic rings. The Balaban J connectivity index is 3.00. The summed E-state index contributed by atoms with van der Waals surface area (Å²) in [5.41, 5.74) is 1.20. The van der Waals surface area contributed by atoms with Gasteiger partial charge in [-0.15, -0.1) is 11.8 Å². The highest BCUT2D eigenvalue weighted by Crippen LogP contribution is 2.20. The number of hydrogen-bond donors (Lipinski definition) is 2. The topological polar surface area (TPSA) is 75.1 Å². The predicted octanol–water partition coefficient (Wildman–Crippen LogP) is 1.56. The van der Waals surface area contributed by atoms with Gasteiger partial charge in [-0.25, -0.2) is 9.97 Å². The molecule has 2 unspecified atom stereocenters. The smallest absolute Gasteiger partial charge is 0.256 e. The zero-order valence-electron chi connectivity index (χ0n) is 12.0. The van der Waals surface area contributed by atoms with Gasteiger partial charge in [0.15, 0.2) is 0 Å². The summed E-state index contributed by atoms with van der Waals surface area (Å²) in [6.07, 6.45) is 1.89. The number of nitrogens with zero attached hydrogens (tertiary/aromatic N) is 2. The van der Waals surface area contributed by atoms with Crippen molar-refractivity contribution in [3.8, 4) is 0 Å². The third-order valence-electron chi connectivity index (χ3n) is 3.09. The van der Waals surface area contributed by atoms with E-state index in [9.17, 15) is 4.79 Å². The van der Waals surface area contributed by atoms with Gasteiger partial charge in [-0.1, -0.05) is 6.92 Å². The Kier molecular flexibility index (Phi) is 5.75. The van der Waals surface area contributed by atoms with E-state index >= 15 is 0 Å². The molecule has 0 spiro atoms. The molecule has 6 heteroatoms. The van der Waals surface area contributed by atoms with Crippen LogP contribution < -0.4 is 5.32 Å². The first-order valence-electron chi connectivity index (χ1n) is 6.21. The highest BCUT2D eigenvalue weighted by molar-refractivity contribution is 7.98. The van der Waals surface area contributed by atoms with Crippen LogP contribution in [0, 0.1) is 19.8 Å². The molecule has 2 N–H and O–H groups in total. The summed E-state index contributed by atoms with van der Waals surface area (Å²) < 4.78 is 0. The Morgan fingerprint density at radius 1 is 1.37 bits per heavy atom. The van der Waals surface area contributed by atoms with Crippen molar-refractivity contribution in [3.63, 3.8) is 0 Å². The predicted molar refractivity (Wildman–Crippen MR) is 76.5 cm³/mol. The van der Waals surface area contributed by atoms with Crippen LogP contribution in [0.25, 0.3) is 0 Å². The van der Waals surface area contributed by atoms with Crippen molar-refractivity contribution in [1.82, 2.24) is 15.3 Å². The molecule has 0 aromatic carbocycles. The molecule has 0 saturated heterocycles. The monoisotopic (exact) mass is 283 g/mol. The fraction of sp³-hybridized carbons (Fsp3) is 0.615. The molecule has 1 rings (SSSR count). The maximum Gasteiger partial charge on any atom is 0.256 e. The zero-order chi connectivity index (χ0) is 14.6. The summed E-state index contributed by atoms with van der Waals surface area (Å²) in [5, 5.41) is 12.7. The van der Waals surface area contributed by atoms with Gasteiger partial charge in [0.2, 0.25) is 0 Å². The number of nitrogens with one attached hydrogen (secondary N) is 1. The Hall–Kier alpha value is -1.14. The first kappa shape index (κ1) is 15.9. The van der Waals surface area contributed by atoms with E-state index in [2.05, 4.69) is 15.3 Å². The van der Waals surface area contributed by atoms with E-state index in [0.717, 1.165) is 0 Å². The second-order valence-electron chi connectivity index (χ2n) is 4.66. The van der Waals surface area contributed by atoms with Gasteiger partial charge in [-0.3, -0.25) is 4.79 Å². The van der Waals surface area contributed by atoms with Gasteiger partial charge in [-0.2, -0.15) is 0 Å². The van der Waals surface area contributed by atoms with Crippen molar-refractivity contribution in [1.29, 1.82) is 0 Å². The second kappa shape index (κ2) is 6.86. The first-order valence-corrected chi connectivity index (χ1v) is 7.44. The Bertz CT molecular complexity index is 465. The molecule has 0 fully saturated rings. The average molecular weight is 283 g/mol. The van der Waals surface area contributed by atoms with E-state index < -0.39 is 0 Å². The minimum atomic E-state index is -0.186. The van der Waals surface area contributed by atoms with Crippen LogP contribution in [0.1, 0.15) is 35.7 Å². The maximum absolute atomic E-state index is 12.3. The SMILES string of the molecule is CSc1nc(C)nc(C)c1C(=O)NC(C)C(C)CO. The molecule has 1 amide bonds. The highest BCUT2D eigenvalue weighted by Gasteiger charge is 2.21. The molecule has 0 saturated carbocycles. The summed E-state index contributed by atoms with van der Waals surface area (Å²) in [5.74, 6) is 0.484. The van der Waals surface area contributed by atoms with Crippen molar-refractivity contribution >= 4 is 17.7 Å². The lowest BCUT2D eigenvalue weighted by Gasteiger charge is -2.20. The van der Waals surface area contributed by atoms with Gasteiger partial charge in [0.25, 0.3) is 5.91 Å². The number of carbonyl (C=O) groups is 1. The molecule has 0 radical (unpaired) electrons. The van der Waals surface area contributed by atoms with Crippen molar-refractivity contribution in [2.45, 2.75) is 38.8 Å². The van der Waals surface area contributed by atoms with Crippen LogP contribution in [0.3, 0.4) is 0 Å². The molecule has 0 bridgehead atoms. The third kappa shape index (κ3) is 3.91. The minimum absolute atomic E-state index is 0.00773. The normalized spacial score (nSPS) is 14.0. The molecular weight excluding hydrogens is 262 g/mol. The van der Waals surface area contributed by atoms with E-state index in [1.807, 2.05) is 34.0 Å². The zero-order valence-corrected chi connectivity index (χ0v) is 12.8. The van der Waals surface area contributed by atoms with E-state index in [1.165, 1.54) is 11.8 Å². The molecule has 1 heterocycles. The molecule has 1 aromatic heterocycles. The fourth-order valence-electron chi connectivity index (χ4n) is 1.67. The summed E-state index contributed by atoms with van der Waals surface area (Å²) >= 11 is 1.43. The van der Waals surface area contributed by atoms with Crippen LogP contribution in [0.4, 0.5) is 0 Å². The van der Waals surface area contributed by atoms with Crippen LogP contribution >= 0.6 is 11.8 Å². The molecular formula is C13H21N3O2S. The van der Waals surface area contributed by atoms with Crippen LogP contribution in [-0.4, -0.2) is 39.9 Å². The van der Waals surface area contributed by atoms with E-state index in [4.69, 9.17) is 5.11 Å². The molecule has 5 nitrogen and oxygen atoms in total. The van der Waals surface area contributed by atoms with E-state index in [1.54, 1.807) is 0 Å². The molecule has 0 aliphatic heterocycles. The van der Waals surface area contributed by atoms with Crippen LogP contribution in [0.15, 0.2) is 5.03 Å². The van der Waals surface area contributed by atoms with Crippen LogP contribution in [-0.2, 0) is 0 Å². The largest absolute Gasteiger partial charge is 0.396 e. The summed E-state index contributed by atoms with van der Waals surface area (Å²) in [6, 6.07) is -0.104. The summed E-state index contributed by atoms with van der Waals surface area (Å²) in [7, 11) is 0. The van der Waals surface area contributed by atoms with Gasteiger partial charge in [0.1, 0.15) is 10.9 Å². The molecule has 0 aliphatic carbocycles. The van der Waals surface area contributed by atoms with Crippen molar-refractivity contribution < 1.29 is 9.90 Å². The highest BCUT2D eigenvalue weighted by atomic mass is 32.2. The van der Waals surface area contributed by atoms with Crippen molar-refractivity contribution in [2.75, 3.05) is 12.9 Å². The Labute approximate surface area is 118 Å². The first-order chi connectivity index (χ1) is 8.90. The average Bonchev–Trinajstić information content (AvgIpc) is 2.36. The van der Waals surface area contributed by atoms with E-state index in [0.29, 0.717) is 22.1 Å². The lowest BCUT2D eigenvalue weighted by atomic mass is 10.0. The molecule has 2 atom stereocenters. The number of aliphatic hydroxyl groups is 1. The van der Waals surface area contributed by atoms with E-state index in [-0.39, 0.29) is 24.5 Å². The fourth-order valence-corrected chi connectivity index (χ4v) is 2.34. The van der Waals surface area contributed by atoms with Gasteiger partial charge in [0, 0.05) is 12.6 Å². The maximum atomic E-state index is 12.3. The number of rotatable bonds is 5. The molecule has 19 heavy (non-hydrogen) atoms. The quantitative estimate of drug-likeness (QED) is 0.633. The van der Waals surface area contributed by atoms with Crippen molar-refractivity contribution in [3.05, 3.63) is 17.1 Å². The Morgan fingerprint density at radius 3 is 2.53 bits per heavy atom. The van der Waals surface area contributed by atoms with Gasteiger partial charge < -0.3 is 10.4 Å². The summed E-state index contributed by atoms with van der Waals surface area (Å²) in [4.78, 5) is 20.8. The van der Waals surface area contributed by atoms with Crippen molar-refractivity contribution in [2.24, 2.45) is 5.92 Å². The minimum Gasteiger partial charge on any atom is -0.396 e. The second-order valence-corrected chi connectivity index (χ2v) is 5.46. The number of thioether (sulfide) groups is 1. The number of hydrogen-bond acceptors (Lipinski definition) is 5. The lowest BCUT2D eigenvalue weighted by Crippen LogP contribution is -2.39. The molecule has 0 aliphatic rings. The number of carbonyl (C=O) groups excluding carboxylic acids is 1.